The minimum Gasteiger partial charge on any atom is -0.393 e. The minimum absolute atomic E-state index is 0.126. The van der Waals surface area contributed by atoms with Crippen LogP contribution >= 0.6 is 0 Å². The van der Waals surface area contributed by atoms with Crippen LogP contribution in [0.3, 0.4) is 0 Å². The van der Waals surface area contributed by atoms with Crippen LogP contribution in [0.1, 0.15) is 38.2 Å². The van der Waals surface area contributed by atoms with Gasteiger partial charge in [0.15, 0.2) is 0 Å². The number of rotatable bonds is 6. The van der Waals surface area contributed by atoms with Gasteiger partial charge in [-0.15, -0.1) is 0 Å². The average molecular weight is 312 g/mol. The van der Waals surface area contributed by atoms with Gasteiger partial charge < -0.3 is 10.4 Å². The summed E-state index contributed by atoms with van der Waals surface area (Å²) in [6, 6.07) is 4.60. The van der Waals surface area contributed by atoms with E-state index in [-0.39, 0.29) is 23.3 Å². The van der Waals surface area contributed by atoms with Crippen molar-refractivity contribution in [2.75, 3.05) is 11.9 Å². The van der Waals surface area contributed by atoms with Gasteiger partial charge in [0.2, 0.25) is 15.9 Å². The number of anilines is 1. The van der Waals surface area contributed by atoms with E-state index in [0.29, 0.717) is 24.1 Å². The van der Waals surface area contributed by atoms with Crippen molar-refractivity contribution in [3.05, 3.63) is 23.8 Å². The first kappa shape index (κ1) is 15.9. The number of fused-ring (bicyclic) bond motifs is 1. The molecule has 0 aromatic heterocycles. The van der Waals surface area contributed by atoms with E-state index in [4.69, 9.17) is 0 Å². The number of hydrogen-bond acceptors (Lipinski definition) is 4. The molecule has 2 unspecified atom stereocenters. The molecule has 0 fully saturated rings. The molecular weight excluding hydrogens is 292 g/mol. The lowest BCUT2D eigenvalue weighted by Crippen LogP contribution is -2.27. The molecule has 1 aromatic carbocycles. The van der Waals surface area contributed by atoms with Gasteiger partial charge in [-0.1, -0.05) is 6.92 Å². The first-order valence-electron chi connectivity index (χ1n) is 6.97. The Morgan fingerprint density at radius 3 is 2.81 bits per heavy atom. The fourth-order valence-corrected chi connectivity index (χ4v) is 3.29. The highest BCUT2D eigenvalue weighted by Crippen LogP contribution is 2.33. The summed E-state index contributed by atoms with van der Waals surface area (Å²) in [5, 5.41) is 12.1. The molecule has 0 bridgehead atoms. The molecule has 1 aliphatic heterocycles. The number of carbonyl (C=O) groups excluding carboxylic acids is 1. The van der Waals surface area contributed by atoms with Crippen molar-refractivity contribution in [3.63, 3.8) is 0 Å². The van der Waals surface area contributed by atoms with E-state index in [1.54, 1.807) is 13.0 Å². The number of aliphatic hydroxyl groups excluding tert-OH is 1. The smallest absolute Gasteiger partial charge is 0.240 e. The van der Waals surface area contributed by atoms with Gasteiger partial charge in [-0.05, 0) is 43.5 Å². The predicted molar refractivity (Wildman–Crippen MR) is 79.6 cm³/mol. The highest BCUT2D eigenvalue weighted by atomic mass is 32.2. The maximum atomic E-state index is 12.2. The first-order valence-corrected chi connectivity index (χ1v) is 8.46. The third-order valence-corrected chi connectivity index (χ3v) is 5.15. The topological polar surface area (TPSA) is 95.5 Å². The summed E-state index contributed by atoms with van der Waals surface area (Å²) in [5.74, 6) is -0.476. The van der Waals surface area contributed by atoms with Crippen LogP contribution in [0.2, 0.25) is 0 Å². The van der Waals surface area contributed by atoms with Crippen molar-refractivity contribution in [2.45, 2.75) is 43.6 Å². The second kappa shape index (κ2) is 6.13. The van der Waals surface area contributed by atoms with Crippen LogP contribution in [0, 0.1) is 0 Å². The van der Waals surface area contributed by atoms with Gasteiger partial charge in [-0.3, -0.25) is 4.79 Å². The molecule has 1 heterocycles. The molecule has 2 atom stereocenters. The second-order valence-electron chi connectivity index (χ2n) is 5.21. The second-order valence-corrected chi connectivity index (χ2v) is 6.98. The normalized spacial score (nSPS) is 19.2. The van der Waals surface area contributed by atoms with Gasteiger partial charge in [0.1, 0.15) is 0 Å². The SMILES string of the molecule is CCC(O)CCNS(=O)(=O)c1ccc2c(c1)C(C)C(=O)N2. The average Bonchev–Trinajstić information content (AvgIpc) is 2.73. The van der Waals surface area contributed by atoms with Crippen LogP contribution < -0.4 is 10.0 Å². The molecule has 6 nitrogen and oxygen atoms in total. The fourth-order valence-electron chi connectivity index (χ4n) is 2.21. The number of nitrogens with one attached hydrogen (secondary N) is 2. The van der Waals surface area contributed by atoms with Gasteiger partial charge >= 0.3 is 0 Å². The first-order chi connectivity index (χ1) is 9.85. The van der Waals surface area contributed by atoms with Crippen LogP contribution in [0.5, 0.6) is 0 Å². The number of benzene rings is 1. The molecule has 116 valence electrons. The fraction of sp³-hybridized carbons (Fsp3) is 0.500. The van der Waals surface area contributed by atoms with Crippen molar-refractivity contribution in [1.82, 2.24) is 4.72 Å². The summed E-state index contributed by atoms with van der Waals surface area (Å²) in [5.41, 5.74) is 1.35. The Kier molecular flexibility index (Phi) is 4.65. The predicted octanol–water partition coefficient (Wildman–Crippen LogP) is 1.18. The van der Waals surface area contributed by atoms with Crippen molar-refractivity contribution in [2.24, 2.45) is 0 Å². The zero-order valence-electron chi connectivity index (χ0n) is 12.1. The van der Waals surface area contributed by atoms with E-state index in [2.05, 4.69) is 10.0 Å². The van der Waals surface area contributed by atoms with Crippen molar-refractivity contribution in [1.29, 1.82) is 0 Å². The van der Waals surface area contributed by atoms with Crippen LogP contribution in [0.25, 0.3) is 0 Å². The molecule has 7 heteroatoms. The third kappa shape index (κ3) is 3.42. The molecule has 0 spiro atoms. The van der Waals surface area contributed by atoms with E-state index in [1.807, 2.05) is 6.92 Å². The van der Waals surface area contributed by atoms with Crippen LogP contribution in [0.15, 0.2) is 23.1 Å². The lowest BCUT2D eigenvalue weighted by molar-refractivity contribution is -0.116. The molecule has 1 amide bonds. The van der Waals surface area contributed by atoms with Crippen molar-refractivity contribution < 1.29 is 18.3 Å². The quantitative estimate of drug-likeness (QED) is 0.735. The molecule has 0 aliphatic carbocycles. The Morgan fingerprint density at radius 2 is 2.14 bits per heavy atom. The monoisotopic (exact) mass is 312 g/mol. The summed E-state index contributed by atoms with van der Waals surface area (Å²) in [7, 11) is -3.63. The molecule has 1 aromatic rings. The molecule has 1 aliphatic rings. The van der Waals surface area contributed by atoms with E-state index in [1.165, 1.54) is 12.1 Å². The summed E-state index contributed by atoms with van der Waals surface area (Å²) in [6.07, 6.45) is 0.456. The zero-order chi connectivity index (χ0) is 15.6. The van der Waals surface area contributed by atoms with Crippen LogP contribution in [-0.4, -0.2) is 32.1 Å². The van der Waals surface area contributed by atoms with Gasteiger partial charge in [-0.25, -0.2) is 13.1 Å². The van der Waals surface area contributed by atoms with Crippen LogP contribution in [0.4, 0.5) is 5.69 Å². The zero-order valence-corrected chi connectivity index (χ0v) is 12.9. The van der Waals surface area contributed by atoms with E-state index in [9.17, 15) is 18.3 Å². The largest absolute Gasteiger partial charge is 0.393 e. The maximum Gasteiger partial charge on any atom is 0.240 e. The molecular formula is C14H20N2O4S. The highest BCUT2D eigenvalue weighted by molar-refractivity contribution is 7.89. The van der Waals surface area contributed by atoms with E-state index < -0.39 is 16.1 Å². The molecule has 0 saturated heterocycles. The molecule has 2 rings (SSSR count). The molecule has 0 saturated carbocycles. The lowest BCUT2D eigenvalue weighted by Gasteiger charge is -2.11. The standard InChI is InChI=1S/C14H20N2O4S/c1-3-10(17)6-7-15-21(19,20)11-4-5-13-12(8-11)9(2)14(18)16-13/h4-5,8-10,15,17H,3,6-7H2,1-2H3,(H,16,18). The lowest BCUT2D eigenvalue weighted by atomic mass is 10.0. The van der Waals surface area contributed by atoms with Gasteiger partial charge in [0.25, 0.3) is 0 Å². The Labute approximate surface area is 124 Å². The van der Waals surface area contributed by atoms with E-state index in [0.717, 1.165) is 0 Å². The third-order valence-electron chi connectivity index (χ3n) is 3.69. The maximum absolute atomic E-state index is 12.2. The summed E-state index contributed by atoms with van der Waals surface area (Å²) < 4.78 is 26.8. The summed E-state index contributed by atoms with van der Waals surface area (Å²) in [6.45, 7) is 3.76. The van der Waals surface area contributed by atoms with Gasteiger partial charge in [-0.2, -0.15) is 0 Å². The molecule has 3 N–H and O–H groups in total. The van der Waals surface area contributed by atoms with Crippen LogP contribution in [-0.2, 0) is 14.8 Å². The summed E-state index contributed by atoms with van der Waals surface area (Å²) >= 11 is 0. The Balaban J connectivity index is 2.13. The van der Waals surface area contributed by atoms with E-state index >= 15 is 0 Å². The number of sulfonamides is 1. The Morgan fingerprint density at radius 1 is 1.43 bits per heavy atom. The van der Waals surface area contributed by atoms with Gasteiger partial charge in [0, 0.05) is 12.2 Å². The van der Waals surface area contributed by atoms with Gasteiger partial charge in [0.05, 0.1) is 16.9 Å². The molecule has 21 heavy (non-hydrogen) atoms. The number of amides is 1. The number of carbonyl (C=O) groups is 1. The Bertz CT molecular complexity index is 642. The highest BCUT2D eigenvalue weighted by Gasteiger charge is 2.28. The minimum atomic E-state index is -3.63. The van der Waals surface area contributed by atoms with Crippen molar-refractivity contribution in [3.8, 4) is 0 Å². The molecule has 0 radical (unpaired) electrons. The van der Waals surface area contributed by atoms with Crippen molar-refractivity contribution >= 4 is 21.6 Å². The Hall–Kier alpha value is -1.44. The number of hydrogen-bond donors (Lipinski definition) is 3. The number of aliphatic hydroxyl groups is 1. The summed E-state index contributed by atoms with van der Waals surface area (Å²) in [4.78, 5) is 11.7.